The Morgan fingerprint density at radius 2 is 1.37 bits per heavy atom. The third-order valence-electron chi connectivity index (χ3n) is 5.59. The van der Waals surface area contributed by atoms with Crippen LogP contribution in [0.2, 0.25) is 0 Å². The number of phenolic OH excluding ortho intramolecular Hbond substituents is 1. The topological polar surface area (TPSA) is 29.5 Å². The van der Waals surface area contributed by atoms with Gasteiger partial charge in [0.1, 0.15) is 17.2 Å². The maximum Gasteiger partial charge on any atom is 0.131 e. The molecule has 4 rings (SSSR count). The Morgan fingerprint density at radius 3 is 2.07 bits per heavy atom. The van der Waals surface area contributed by atoms with Crippen molar-refractivity contribution in [3.05, 3.63) is 77.9 Å². The summed E-state index contributed by atoms with van der Waals surface area (Å²) in [6, 6.07) is 22.4. The van der Waals surface area contributed by atoms with Gasteiger partial charge in [-0.15, -0.1) is 0 Å². The molecule has 154 valence electrons. The number of phenols is 1. The van der Waals surface area contributed by atoms with E-state index in [2.05, 4.69) is 84.0 Å². The number of hydrogen-bond donors (Lipinski definition) is 1. The molecule has 0 aliphatic heterocycles. The zero-order valence-electron chi connectivity index (χ0n) is 18.7. The molecule has 0 radical (unpaired) electrons. The summed E-state index contributed by atoms with van der Waals surface area (Å²) in [7, 11) is 0. The van der Waals surface area contributed by atoms with Crippen molar-refractivity contribution in [1.29, 1.82) is 0 Å². The smallest absolute Gasteiger partial charge is 0.131 e. The van der Waals surface area contributed by atoms with Crippen LogP contribution in [0.25, 0.3) is 21.5 Å². The number of hydrogen-bond acceptors (Lipinski definition) is 2. The first kappa shape index (κ1) is 20.3. The third-order valence-corrected chi connectivity index (χ3v) is 5.59. The van der Waals surface area contributed by atoms with Crippen LogP contribution in [-0.2, 0) is 10.8 Å². The SMILES string of the molecule is CC(C)(C)c1cc(O)cc2ccc(Oc3ccc4ccccc4c3C(C)(C)C)cc12. The minimum absolute atomic E-state index is 0.0601. The molecular formula is C28H30O2. The minimum Gasteiger partial charge on any atom is -0.508 e. The average Bonchev–Trinajstić information content (AvgIpc) is 2.65. The molecule has 0 aliphatic rings. The maximum atomic E-state index is 10.2. The van der Waals surface area contributed by atoms with Gasteiger partial charge in [-0.3, -0.25) is 0 Å². The largest absolute Gasteiger partial charge is 0.508 e. The Hall–Kier alpha value is -3.00. The molecule has 4 aromatic carbocycles. The summed E-state index contributed by atoms with van der Waals surface area (Å²) >= 11 is 0. The second-order valence-electron chi connectivity index (χ2n) is 10.1. The van der Waals surface area contributed by atoms with Crippen molar-refractivity contribution in [2.45, 2.75) is 52.4 Å². The van der Waals surface area contributed by atoms with Gasteiger partial charge >= 0.3 is 0 Å². The van der Waals surface area contributed by atoms with E-state index in [1.54, 1.807) is 0 Å². The predicted molar refractivity (Wildman–Crippen MR) is 127 cm³/mol. The van der Waals surface area contributed by atoms with Crippen molar-refractivity contribution in [1.82, 2.24) is 0 Å². The molecular weight excluding hydrogens is 368 g/mol. The molecule has 0 saturated carbocycles. The number of rotatable bonds is 2. The van der Waals surface area contributed by atoms with E-state index < -0.39 is 0 Å². The monoisotopic (exact) mass is 398 g/mol. The maximum absolute atomic E-state index is 10.2. The number of fused-ring (bicyclic) bond motifs is 2. The van der Waals surface area contributed by atoms with Gasteiger partial charge in [-0.1, -0.05) is 77.9 Å². The predicted octanol–water partition coefficient (Wildman–Crippen LogP) is 8.09. The van der Waals surface area contributed by atoms with E-state index in [-0.39, 0.29) is 10.8 Å². The summed E-state index contributed by atoms with van der Waals surface area (Å²) in [5, 5.41) is 14.7. The molecule has 0 spiro atoms. The van der Waals surface area contributed by atoms with Crippen LogP contribution in [0, 0.1) is 0 Å². The van der Waals surface area contributed by atoms with Crippen LogP contribution in [0.4, 0.5) is 0 Å². The lowest BCUT2D eigenvalue weighted by atomic mass is 9.83. The first-order valence-corrected chi connectivity index (χ1v) is 10.5. The van der Waals surface area contributed by atoms with Gasteiger partial charge in [-0.2, -0.15) is 0 Å². The summed E-state index contributed by atoms with van der Waals surface area (Å²) in [4.78, 5) is 0. The normalized spacial score (nSPS) is 12.5. The van der Waals surface area contributed by atoms with Gasteiger partial charge in [0.25, 0.3) is 0 Å². The van der Waals surface area contributed by atoms with Crippen molar-refractivity contribution >= 4 is 21.5 Å². The van der Waals surface area contributed by atoms with Gasteiger partial charge in [0, 0.05) is 5.56 Å². The van der Waals surface area contributed by atoms with E-state index in [1.807, 2.05) is 24.3 Å². The van der Waals surface area contributed by atoms with Crippen LogP contribution in [-0.4, -0.2) is 5.11 Å². The Morgan fingerprint density at radius 1 is 0.667 bits per heavy atom. The lowest BCUT2D eigenvalue weighted by Crippen LogP contribution is -2.13. The zero-order valence-corrected chi connectivity index (χ0v) is 18.7. The fourth-order valence-corrected chi connectivity index (χ4v) is 4.24. The summed E-state index contributed by atoms with van der Waals surface area (Å²) in [5.41, 5.74) is 2.17. The van der Waals surface area contributed by atoms with Crippen molar-refractivity contribution < 1.29 is 9.84 Å². The molecule has 2 nitrogen and oxygen atoms in total. The summed E-state index contributed by atoms with van der Waals surface area (Å²) in [6.45, 7) is 13.2. The first-order valence-electron chi connectivity index (χ1n) is 10.5. The van der Waals surface area contributed by atoms with Crippen molar-refractivity contribution in [2.75, 3.05) is 0 Å². The van der Waals surface area contributed by atoms with Gasteiger partial charge in [-0.05, 0) is 68.3 Å². The Bertz CT molecular complexity index is 1240. The fourth-order valence-electron chi connectivity index (χ4n) is 4.24. The zero-order chi connectivity index (χ0) is 21.7. The second-order valence-corrected chi connectivity index (χ2v) is 10.1. The molecule has 1 N–H and O–H groups in total. The lowest BCUT2D eigenvalue weighted by molar-refractivity contribution is 0.458. The van der Waals surface area contributed by atoms with Gasteiger partial charge in [0.15, 0.2) is 0 Å². The Balaban J connectivity index is 1.88. The van der Waals surface area contributed by atoms with Crippen LogP contribution in [0.15, 0.2) is 66.7 Å². The quantitative estimate of drug-likeness (QED) is 0.370. The molecule has 0 heterocycles. The average molecular weight is 399 g/mol. The first-order chi connectivity index (χ1) is 14.0. The van der Waals surface area contributed by atoms with Crippen LogP contribution < -0.4 is 4.74 Å². The molecule has 0 unspecified atom stereocenters. The number of aromatic hydroxyl groups is 1. The highest BCUT2D eigenvalue weighted by Gasteiger charge is 2.23. The van der Waals surface area contributed by atoms with Crippen LogP contribution in [0.3, 0.4) is 0 Å². The Kier molecular flexibility index (Phi) is 4.77. The van der Waals surface area contributed by atoms with E-state index in [0.717, 1.165) is 27.8 Å². The van der Waals surface area contributed by atoms with E-state index in [0.29, 0.717) is 5.75 Å². The van der Waals surface area contributed by atoms with Crippen LogP contribution in [0.1, 0.15) is 52.7 Å². The standard InChI is InChI=1S/C28H30O2/c1-27(2,3)24-16-20(29)15-19-11-13-21(17-23(19)24)30-25-14-12-18-9-7-8-10-22(18)26(25)28(4,5)6/h7-17,29H,1-6H3. The van der Waals surface area contributed by atoms with E-state index in [4.69, 9.17) is 4.74 Å². The highest BCUT2D eigenvalue weighted by Crippen LogP contribution is 2.41. The molecule has 2 heteroatoms. The number of benzene rings is 4. The second kappa shape index (κ2) is 7.05. The number of ether oxygens (including phenoxy) is 1. The van der Waals surface area contributed by atoms with Gasteiger partial charge in [0.2, 0.25) is 0 Å². The Labute approximate surface area is 179 Å². The molecule has 0 bridgehead atoms. The van der Waals surface area contributed by atoms with Crippen LogP contribution in [0.5, 0.6) is 17.2 Å². The summed E-state index contributed by atoms with van der Waals surface area (Å²) in [6.07, 6.45) is 0. The van der Waals surface area contributed by atoms with Crippen molar-refractivity contribution in [3.63, 3.8) is 0 Å². The lowest BCUT2D eigenvalue weighted by Gasteiger charge is -2.25. The van der Waals surface area contributed by atoms with E-state index >= 15 is 0 Å². The molecule has 0 saturated heterocycles. The molecule has 0 atom stereocenters. The fraction of sp³-hybridized carbons (Fsp3) is 0.286. The molecule has 30 heavy (non-hydrogen) atoms. The van der Waals surface area contributed by atoms with Crippen LogP contribution >= 0.6 is 0 Å². The molecule has 0 fully saturated rings. The van der Waals surface area contributed by atoms with Crippen molar-refractivity contribution in [2.24, 2.45) is 0 Å². The molecule has 0 aliphatic carbocycles. The minimum atomic E-state index is -0.0882. The van der Waals surface area contributed by atoms with E-state index in [1.165, 1.54) is 16.3 Å². The summed E-state index contributed by atoms with van der Waals surface area (Å²) < 4.78 is 6.49. The highest BCUT2D eigenvalue weighted by atomic mass is 16.5. The highest BCUT2D eigenvalue weighted by molar-refractivity contribution is 5.90. The van der Waals surface area contributed by atoms with Gasteiger partial charge < -0.3 is 9.84 Å². The molecule has 0 amide bonds. The molecule has 4 aromatic rings. The third kappa shape index (κ3) is 3.75. The summed E-state index contributed by atoms with van der Waals surface area (Å²) in [5.74, 6) is 1.99. The molecule has 0 aromatic heterocycles. The van der Waals surface area contributed by atoms with Gasteiger partial charge in [-0.25, -0.2) is 0 Å². The van der Waals surface area contributed by atoms with Crippen molar-refractivity contribution in [3.8, 4) is 17.2 Å². The van der Waals surface area contributed by atoms with Gasteiger partial charge in [0.05, 0.1) is 0 Å². The van der Waals surface area contributed by atoms with E-state index in [9.17, 15) is 5.11 Å².